The van der Waals surface area contributed by atoms with Crippen LogP contribution in [0, 0.1) is 20.8 Å². The van der Waals surface area contributed by atoms with E-state index in [0.717, 1.165) is 29.7 Å². The zero-order chi connectivity index (χ0) is 18.1. The van der Waals surface area contributed by atoms with E-state index >= 15 is 0 Å². The summed E-state index contributed by atoms with van der Waals surface area (Å²) >= 11 is 0. The highest BCUT2D eigenvalue weighted by atomic mass is 16.5. The van der Waals surface area contributed by atoms with Gasteiger partial charge >= 0.3 is 0 Å². The fraction of sp³-hybridized carbons (Fsp3) is 0.350. The topological polar surface area (TPSA) is 59.5 Å². The van der Waals surface area contributed by atoms with Crippen molar-refractivity contribution < 1.29 is 14.3 Å². The Bertz CT molecular complexity index is 823. The maximum atomic E-state index is 12.7. The van der Waals surface area contributed by atoms with Crippen LogP contribution < -0.4 is 9.64 Å². The average molecular weight is 338 g/mol. The van der Waals surface area contributed by atoms with Gasteiger partial charge in [0.25, 0.3) is 11.8 Å². The van der Waals surface area contributed by atoms with Gasteiger partial charge < -0.3 is 4.74 Å². The van der Waals surface area contributed by atoms with Crippen molar-refractivity contribution >= 4 is 17.6 Å². The molecule has 0 spiro atoms. The van der Waals surface area contributed by atoms with Crippen molar-refractivity contribution in [1.82, 2.24) is 4.98 Å². The molecule has 1 aromatic carbocycles. The lowest BCUT2D eigenvalue weighted by molar-refractivity contribution is 0.0924. The van der Waals surface area contributed by atoms with Crippen LogP contribution in [0.5, 0.6) is 5.75 Å². The highest BCUT2D eigenvalue weighted by Gasteiger charge is 2.38. The van der Waals surface area contributed by atoms with Gasteiger partial charge in [-0.1, -0.05) is 25.5 Å². The molecule has 0 saturated carbocycles. The Morgan fingerprint density at radius 3 is 2.16 bits per heavy atom. The predicted octanol–water partition coefficient (Wildman–Crippen LogP) is 3.99. The van der Waals surface area contributed by atoms with Crippen molar-refractivity contribution in [2.75, 3.05) is 11.5 Å². The molecule has 3 rings (SSSR count). The molecule has 0 saturated heterocycles. The lowest BCUT2D eigenvalue weighted by Crippen LogP contribution is -2.31. The summed E-state index contributed by atoms with van der Waals surface area (Å²) in [6.07, 6.45) is 2.02. The molecule has 25 heavy (non-hydrogen) atoms. The first-order valence-corrected chi connectivity index (χ1v) is 8.55. The highest BCUT2D eigenvalue weighted by Crippen LogP contribution is 2.35. The minimum Gasteiger partial charge on any atom is -0.491 e. The quantitative estimate of drug-likeness (QED) is 0.611. The van der Waals surface area contributed by atoms with Crippen molar-refractivity contribution in [3.63, 3.8) is 0 Å². The number of aromatic nitrogens is 1. The predicted molar refractivity (Wildman–Crippen MR) is 96.4 cm³/mol. The van der Waals surface area contributed by atoms with Crippen LogP contribution in [-0.2, 0) is 0 Å². The van der Waals surface area contributed by atoms with E-state index in [-0.39, 0.29) is 11.8 Å². The molecule has 0 bridgehead atoms. The molecule has 130 valence electrons. The molecule has 0 radical (unpaired) electrons. The smallest absolute Gasteiger partial charge is 0.267 e. The lowest BCUT2D eigenvalue weighted by Gasteiger charge is -2.20. The highest BCUT2D eigenvalue weighted by molar-refractivity contribution is 6.34. The van der Waals surface area contributed by atoms with Crippen molar-refractivity contribution in [3.05, 3.63) is 52.2 Å². The molecule has 0 aliphatic carbocycles. The fourth-order valence-electron chi connectivity index (χ4n) is 3.03. The second kappa shape index (κ2) is 6.67. The van der Waals surface area contributed by atoms with Gasteiger partial charge in [-0.05, 0) is 50.5 Å². The molecule has 5 heteroatoms. The van der Waals surface area contributed by atoms with Gasteiger partial charge in [-0.15, -0.1) is 0 Å². The van der Waals surface area contributed by atoms with Gasteiger partial charge in [0, 0.05) is 0 Å². The van der Waals surface area contributed by atoms with Gasteiger partial charge in [0.1, 0.15) is 11.6 Å². The molecule has 1 aliphatic rings. The van der Waals surface area contributed by atoms with Crippen LogP contribution in [0.2, 0.25) is 0 Å². The molecule has 0 fully saturated rings. The molecule has 2 aromatic rings. The number of amides is 2. The van der Waals surface area contributed by atoms with E-state index in [2.05, 4.69) is 11.9 Å². The second-order valence-electron chi connectivity index (χ2n) is 6.29. The number of benzene rings is 1. The van der Waals surface area contributed by atoms with Gasteiger partial charge in [-0.3, -0.25) is 9.59 Å². The summed E-state index contributed by atoms with van der Waals surface area (Å²) in [7, 11) is 0. The Kier molecular flexibility index (Phi) is 4.57. The number of fused-ring (bicyclic) bond motifs is 1. The fourth-order valence-corrected chi connectivity index (χ4v) is 3.03. The minimum atomic E-state index is -0.324. The molecular formula is C20H22N2O3. The minimum absolute atomic E-state index is 0.324. The number of aryl methyl sites for hydroxylation is 1. The number of nitrogens with zero attached hydrogens (tertiary/aromatic N) is 2. The van der Waals surface area contributed by atoms with Gasteiger partial charge in [-0.25, -0.2) is 9.88 Å². The number of pyridine rings is 1. The van der Waals surface area contributed by atoms with Crippen LogP contribution in [0.4, 0.5) is 5.82 Å². The van der Waals surface area contributed by atoms with Crippen LogP contribution in [0.15, 0.2) is 24.3 Å². The van der Waals surface area contributed by atoms with E-state index in [1.807, 2.05) is 20.8 Å². The maximum absolute atomic E-state index is 12.7. The maximum Gasteiger partial charge on any atom is 0.267 e. The third kappa shape index (κ3) is 2.80. The Balaban J connectivity index is 2.02. The van der Waals surface area contributed by atoms with E-state index in [4.69, 9.17) is 4.74 Å². The number of carbonyl (C=O) groups excluding carboxylic acids is 2. The Hall–Kier alpha value is -2.69. The Labute approximate surface area is 147 Å². The zero-order valence-electron chi connectivity index (χ0n) is 15.0. The number of imide groups is 1. The van der Waals surface area contributed by atoms with Crippen LogP contribution in [0.25, 0.3) is 0 Å². The van der Waals surface area contributed by atoms with E-state index < -0.39 is 0 Å². The first-order chi connectivity index (χ1) is 12.0. The Morgan fingerprint density at radius 1 is 1.00 bits per heavy atom. The van der Waals surface area contributed by atoms with Crippen LogP contribution in [0.1, 0.15) is 57.3 Å². The summed E-state index contributed by atoms with van der Waals surface area (Å²) in [5.41, 5.74) is 3.23. The van der Waals surface area contributed by atoms with Gasteiger partial charge in [-0.2, -0.15) is 0 Å². The lowest BCUT2D eigenvalue weighted by atomic mass is 10.1. The first-order valence-electron chi connectivity index (χ1n) is 8.55. The number of ether oxygens (including phenoxy) is 1. The third-order valence-electron chi connectivity index (χ3n) is 4.59. The number of carbonyl (C=O) groups is 2. The molecule has 5 nitrogen and oxygen atoms in total. The van der Waals surface area contributed by atoms with Crippen molar-refractivity contribution in [1.29, 1.82) is 0 Å². The summed E-state index contributed by atoms with van der Waals surface area (Å²) in [4.78, 5) is 31.1. The first kappa shape index (κ1) is 17.1. The largest absolute Gasteiger partial charge is 0.491 e. The van der Waals surface area contributed by atoms with Gasteiger partial charge in [0.2, 0.25) is 0 Å². The van der Waals surface area contributed by atoms with Crippen molar-refractivity contribution in [3.8, 4) is 5.75 Å². The van der Waals surface area contributed by atoms with Crippen LogP contribution >= 0.6 is 0 Å². The van der Waals surface area contributed by atoms with E-state index in [1.54, 1.807) is 24.3 Å². The number of rotatable bonds is 5. The third-order valence-corrected chi connectivity index (χ3v) is 4.59. The van der Waals surface area contributed by atoms with E-state index in [0.29, 0.717) is 29.2 Å². The van der Waals surface area contributed by atoms with Crippen LogP contribution in [0.3, 0.4) is 0 Å². The molecular weight excluding hydrogens is 316 g/mol. The number of unbranched alkanes of at least 4 members (excludes halogenated alkanes) is 1. The number of anilines is 1. The summed E-state index contributed by atoms with van der Waals surface area (Å²) in [6.45, 7) is 8.39. The monoisotopic (exact) mass is 338 g/mol. The van der Waals surface area contributed by atoms with Gasteiger partial charge in [0.15, 0.2) is 0 Å². The molecule has 0 atom stereocenters. The van der Waals surface area contributed by atoms with Crippen molar-refractivity contribution in [2.45, 2.75) is 40.5 Å². The molecule has 1 aromatic heterocycles. The molecule has 0 N–H and O–H groups in total. The van der Waals surface area contributed by atoms with Crippen molar-refractivity contribution in [2.24, 2.45) is 0 Å². The number of hydrogen-bond donors (Lipinski definition) is 0. The van der Waals surface area contributed by atoms with Gasteiger partial charge in [0.05, 0.1) is 23.4 Å². The SMILES string of the molecule is CCCCOc1c(C)nc(N2C(=O)c3ccccc3C2=O)c(C)c1C. The average Bonchev–Trinajstić information content (AvgIpc) is 2.86. The Morgan fingerprint density at radius 2 is 1.60 bits per heavy atom. The van der Waals surface area contributed by atoms with E-state index in [1.165, 1.54) is 4.90 Å². The summed E-state index contributed by atoms with van der Waals surface area (Å²) < 4.78 is 5.87. The molecule has 1 aliphatic heterocycles. The molecule has 2 heterocycles. The molecule has 0 unspecified atom stereocenters. The second-order valence-corrected chi connectivity index (χ2v) is 6.29. The standard InChI is InChI=1S/C20H22N2O3/c1-5-6-11-25-17-12(2)13(3)18(21-14(17)4)22-19(23)15-9-7-8-10-16(15)20(22)24/h7-10H,5-6,11H2,1-4H3. The van der Waals surface area contributed by atoms with Crippen LogP contribution in [-0.4, -0.2) is 23.4 Å². The number of hydrogen-bond acceptors (Lipinski definition) is 4. The summed E-state index contributed by atoms with van der Waals surface area (Å²) in [5.74, 6) is 0.486. The normalized spacial score (nSPS) is 13.4. The molecule has 2 amide bonds. The van der Waals surface area contributed by atoms with E-state index in [9.17, 15) is 9.59 Å². The summed E-state index contributed by atoms with van der Waals surface area (Å²) in [6, 6.07) is 6.86. The zero-order valence-corrected chi connectivity index (χ0v) is 15.0. The summed E-state index contributed by atoms with van der Waals surface area (Å²) in [5, 5.41) is 0.